The molecule has 0 fully saturated rings. The number of nitrogens with zero attached hydrogens (tertiary/aromatic N) is 4. The minimum Gasteiger partial charge on any atom is -0.509 e. The molecule has 8 heteroatoms. The molecule has 0 spiro atoms. The van der Waals surface area contributed by atoms with E-state index in [4.69, 9.17) is 9.72 Å². The van der Waals surface area contributed by atoms with Crippen molar-refractivity contribution in [1.82, 2.24) is 9.55 Å². The summed E-state index contributed by atoms with van der Waals surface area (Å²) in [5.41, 5.74) is 12.3. The van der Waals surface area contributed by atoms with E-state index in [2.05, 4.69) is 179 Å². The fourth-order valence-electron chi connectivity index (χ4n) is 9.24. The van der Waals surface area contributed by atoms with E-state index < -0.39 is 11.6 Å². The summed E-state index contributed by atoms with van der Waals surface area (Å²) in [6.45, 7) is 17.5. The SMILES string of the molecule is CC(C)c1cc(-c2cc(F)cc(F)c2)cc(C(C)C)c1N1[CH-]N(c2[c-]c(Oc3[c-]c4c(cc3)c3ccccc3n4-c3ccccn3)cc(-c3ccccc3C(C)(C)C)c2)c2ccccc21.[Pt]. The van der Waals surface area contributed by atoms with Gasteiger partial charge in [-0.15, -0.1) is 53.6 Å². The molecule has 0 N–H and O–H groups in total. The molecule has 3 heterocycles. The third-order valence-corrected chi connectivity index (χ3v) is 12.3. The van der Waals surface area contributed by atoms with Crippen molar-refractivity contribution in [3.63, 3.8) is 0 Å². The Bertz CT molecular complexity index is 3210. The van der Waals surface area contributed by atoms with E-state index >= 15 is 0 Å². The first kappa shape index (κ1) is 44.6. The Morgan fingerprint density at radius 3 is 1.92 bits per heavy atom. The first-order chi connectivity index (χ1) is 31.3. The number of benzene rings is 7. The van der Waals surface area contributed by atoms with Gasteiger partial charge in [0.1, 0.15) is 17.5 Å². The minimum absolute atomic E-state index is 0. The molecule has 0 aliphatic carbocycles. The van der Waals surface area contributed by atoms with Crippen LogP contribution in [0.2, 0.25) is 0 Å². The van der Waals surface area contributed by atoms with Crippen LogP contribution in [0, 0.1) is 30.4 Å². The summed E-state index contributed by atoms with van der Waals surface area (Å²) in [6.07, 6.45) is 1.81. The molecule has 0 bridgehead atoms. The van der Waals surface area contributed by atoms with Crippen LogP contribution in [-0.2, 0) is 26.5 Å². The fraction of sp³-hybridized carbons (Fsp3) is 0.172. The predicted molar refractivity (Wildman–Crippen MR) is 262 cm³/mol. The summed E-state index contributed by atoms with van der Waals surface area (Å²) >= 11 is 0. The summed E-state index contributed by atoms with van der Waals surface area (Å²) in [5, 5.41) is 2.16. The van der Waals surface area contributed by atoms with Crippen molar-refractivity contribution in [3.8, 4) is 39.6 Å². The van der Waals surface area contributed by atoms with Crippen LogP contribution in [0.3, 0.4) is 0 Å². The first-order valence-electron chi connectivity index (χ1n) is 22.2. The Balaban J connectivity index is 0.00000548. The van der Waals surface area contributed by atoms with E-state index in [1.165, 1.54) is 17.7 Å². The Morgan fingerprint density at radius 2 is 1.24 bits per heavy atom. The zero-order valence-corrected chi connectivity index (χ0v) is 40.2. The molecule has 1 aliphatic rings. The number of fused-ring (bicyclic) bond motifs is 4. The van der Waals surface area contributed by atoms with Gasteiger partial charge in [0, 0.05) is 67.4 Å². The molecule has 0 radical (unpaired) electrons. The third kappa shape index (κ3) is 8.19. The third-order valence-electron chi connectivity index (χ3n) is 12.3. The van der Waals surface area contributed by atoms with Crippen LogP contribution in [0.15, 0.2) is 152 Å². The van der Waals surface area contributed by atoms with Crippen molar-refractivity contribution in [3.05, 3.63) is 199 Å². The smallest absolute Gasteiger partial charge is 0.135 e. The van der Waals surface area contributed by atoms with E-state index in [1.54, 1.807) is 6.20 Å². The number of halogens is 2. The Labute approximate surface area is 400 Å². The molecule has 0 unspecified atom stereocenters. The number of ether oxygens (including phenoxy) is 1. The van der Waals surface area contributed by atoms with E-state index in [9.17, 15) is 8.78 Å². The Hall–Kier alpha value is -6.56. The molecule has 66 heavy (non-hydrogen) atoms. The number of pyridine rings is 1. The molecule has 1 aliphatic heterocycles. The van der Waals surface area contributed by atoms with Gasteiger partial charge in [0.2, 0.25) is 0 Å². The summed E-state index contributed by atoms with van der Waals surface area (Å²) in [7, 11) is 0. The van der Waals surface area contributed by atoms with Crippen molar-refractivity contribution in [2.75, 3.05) is 9.80 Å². The van der Waals surface area contributed by atoms with Gasteiger partial charge in [-0.25, -0.2) is 13.8 Å². The van der Waals surface area contributed by atoms with Gasteiger partial charge in [-0.1, -0.05) is 115 Å². The quantitative estimate of drug-likeness (QED) is 0.135. The van der Waals surface area contributed by atoms with Crippen molar-refractivity contribution >= 4 is 44.6 Å². The monoisotopic (exact) mass is 1050 g/mol. The van der Waals surface area contributed by atoms with E-state index in [0.717, 1.165) is 84.3 Å². The van der Waals surface area contributed by atoms with Crippen LogP contribution in [-0.4, -0.2) is 9.55 Å². The van der Waals surface area contributed by atoms with Gasteiger partial charge in [-0.3, -0.25) is 0 Å². The van der Waals surface area contributed by atoms with Crippen LogP contribution < -0.4 is 14.5 Å². The van der Waals surface area contributed by atoms with Crippen LogP contribution in [0.25, 0.3) is 49.9 Å². The van der Waals surface area contributed by atoms with Crippen LogP contribution in [0.4, 0.5) is 31.5 Å². The van der Waals surface area contributed by atoms with Crippen LogP contribution >= 0.6 is 0 Å². The number of aromatic nitrogens is 2. The first-order valence-corrected chi connectivity index (χ1v) is 22.2. The predicted octanol–water partition coefficient (Wildman–Crippen LogP) is 16.1. The van der Waals surface area contributed by atoms with Crippen molar-refractivity contribution in [2.45, 2.75) is 65.7 Å². The zero-order valence-electron chi connectivity index (χ0n) is 37.9. The van der Waals surface area contributed by atoms with Gasteiger partial charge in [0.05, 0.1) is 0 Å². The number of hydrogen-bond acceptors (Lipinski definition) is 4. The maximum atomic E-state index is 14.6. The molecule has 0 saturated heterocycles. The average Bonchev–Trinajstić information content (AvgIpc) is 3.84. The Morgan fingerprint density at radius 1 is 0.606 bits per heavy atom. The molecular weight excluding hydrogens is 1000 g/mol. The van der Waals surface area contributed by atoms with Crippen LogP contribution in [0.5, 0.6) is 11.5 Å². The standard InChI is InChI=1S/C58H49F2N4O.Pt/c1-36(2)49-30-39(38-26-41(59)32-42(60)27-38)31-50(37(3)4)57(49)63-35-62(53-20-12-13-21-54(53)63)43-28-40(46-16-8-10-18-51(46)58(5,6)7)29-45(33-43)65-44-23-24-48-47-17-9-11-19-52(47)64(55(48)34-44)56-22-14-15-25-61-56;/h8-32,35-37H,1-7H3;/q-3;. The number of para-hydroxylation sites is 3. The molecule has 2 aromatic heterocycles. The molecule has 7 aromatic carbocycles. The van der Waals surface area contributed by atoms with Gasteiger partial charge in [-0.2, -0.15) is 6.07 Å². The second kappa shape index (κ2) is 17.7. The van der Waals surface area contributed by atoms with Gasteiger partial charge < -0.3 is 19.1 Å². The van der Waals surface area contributed by atoms with E-state index in [0.29, 0.717) is 17.1 Å². The number of anilines is 4. The maximum Gasteiger partial charge on any atom is 0.135 e. The summed E-state index contributed by atoms with van der Waals surface area (Å²) in [5.74, 6) is 0.865. The number of hydrogen-bond donors (Lipinski definition) is 0. The van der Waals surface area contributed by atoms with Crippen molar-refractivity contribution in [1.29, 1.82) is 0 Å². The van der Waals surface area contributed by atoms with Gasteiger partial charge in [0.15, 0.2) is 0 Å². The molecule has 334 valence electrons. The van der Waals surface area contributed by atoms with Crippen molar-refractivity contribution in [2.24, 2.45) is 0 Å². The fourth-order valence-corrected chi connectivity index (χ4v) is 9.24. The maximum absolute atomic E-state index is 14.6. The summed E-state index contributed by atoms with van der Waals surface area (Å²) in [6, 6.07) is 54.7. The molecule has 5 nitrogen and oxygen atoms in total. The van der Waals surface area contributed by atoms with E-state index in [1.807, 2.05) is 30.3 Å². The summed E-state index contributed by atoms with van der Waals surface area (Å²) < 4.78 is 38.2. The number of rotatable bonds is 9. The molecule has 9 aromatic rings. The zero-order chi connectivity index (χ0) is 45.1. The summed E-state index contributed by atoms with van der Waals surface area (Å²) in [4.78, 5) is 9.16. The van der Waals surface area contributed by atoms with Crippen LogP contribution in [0.1, 0.15) is 77.0 Å². The molecule has 0 amide bonds. The average molecular weight is 1050 g/mol. The second-order valence-electron chi connectivity index (χ2n) is 18.5. The van der Waals surface area contributed by atoms with E-state index in [-0.39, 0.29) is 38.3 Å². The topological polar surface area (TPSA) is 33.5 Å². The molecule has 0 atom stereocenters. The Kier molecular flexibility index (Phi) is 12.0. The molecule has 0 saturated carbocycles. The minimum atomic E-state index is -0.600. The normalized spacial score (nSPS) is 12.7. The molecular formula is C58H49F2N4OPt-3. The van der Waals surface area contributed by atoms with Gasteiger partial charge >= 0.3 is 0 Å². The van der Waals surface area contributed by atoms with Gasteiger partial charge in [-0.05, 0) is 111 Å². The van der Waals surface area contributed by atoms with Gasteiger partial charge in [0.25, 0.3) is 0 Å². The second-order valence-corrected chi connectivity index (χ2v) is 18.5. The van der Waals surface area contributed by atoms with Crippen molar-refractivity contribution < 1.29 is 34.6 Å². The largest absolute Gasteiger partial charge is 0.509 e. The molecule has 10 rings (SSSR count).